The van der Waals surface area contributed by atoms with Crippen LogP contribution in [0.25, 0.3) is 0 Å². The molecule has 0 atom stereocenters. The molecule has 0 aromatic carbocycles. The van der Waals surface area contributed by atoms with Gasteiger partial charge in [0, 0.05) is 11.9 Å². The van der Waals surface area contributed by atoms with Gasteiger partial charge in [-0.2, -0.15) is 0 Å². The Labute approximate surface area is 94.7 Å². The van der Waals surface area contributed by atoms with Gasteiger partial charge in [-0.15, -0.1) is 0 Å². The van der Waals surface area contributed by atoms with Crippen LogP contribution in [-0.2, 0) is 0 Å². The Morgan fingerprint density at radius 3 is 2.53 bits per heavy atom. The SMILES string of the molecule is CCC/C(CC1CC1)=N\C=C(/C)C(C)C. The van der Waals surface area contributed by atoms with Gasteiger partial charge < -0.3 is 0 Å². The normalized spacial score (nSPS) is 18.7. The van der Waals surface area contributed by atoms with E-state index in [1.807, 2.05) is 0 Å². The second-order valence-corrected chi connectivity index (χ2v) is 5.12. The van der Waals surface area contributed by atoms with Gasteiger partial charge >= 0.3 is 0 Å². The van der Waals surface area contributed by atoms with Crippen molar-refractivity contribution in [2.75, 3.05) is 0 Å². The Bertz CT molecular complexity index is 244. The first-order valence-corrected chi connectivity index (χ1v) is 6.35. The average Bonchev–Trinajstić information content (AvgIpc) is 2.97. The first kappa shape index (κ1) is 12.5. The average molecular weight is 207 g/mol. The number of aliphatic imine (C=N–C) groups is 1. The summed E-state index contributed by atoms with van der Waals surface area (Å²) in [6.45, 7) is 8.86. The first-order valence-electron chi connectivity index (χ1n) is 6.35. The maximum Gasteiger partial charge on any atom is 0.0258 e. The summed E-state index contributed by atoms with van der Waals surface area (Å²) in [7, 11) is 0. The van der Waals surface area contributed by atoms with E-state index >= 15 is 0 Å². The molecule has 1 rings (SSSR count). The molecule has 0 heterocycles. The summed E-state index contributed by atoms with van der Waals surface area (Å²) >= 11 is 0. The summed E-state index contributed by atoms with van der Waals surface area (Å²) in [6, 6.07) is 0. The Morgan fingerprint density at radius 2 is 2.07 bits per heavy atom. The Kier molecular flexibility index (Phi) is 5.07. The largest absolute Gasteiger partial charge is 0.266 e. The van der Waals surface area contributed by atoms with E-state index in [1.54, 1.807) is 0 Å². The molecule has 15 heavy (non-hydrogen) atoms. The smallest absolute Gasteiger partial charge is 0.0258 e. The van der Waals surface area contributed by atoms with Crippen LogP contribution in [0.4, 0.5) is 0 Å². The van der Waals surface area contributed by atoms with Crippen LogP contribution >= 0.6 is 0 Å². The Morgan fingerprint density at radius 1 is 1.40 bits per heavy atom. The zero-order chi connectivity index (χ0) is 11.3. The Balaban J connectivity index is 2.52. The van der Waals surface area contributed by atoms with Crippen LogP contribution in [0.5, 0.6) is 0 Å². The maximum atomic E-state index is 4.67. The predicted octanol–water partition coefficient (Wildman–Crippen LogP) is 4.59. The van der Waals surface area contributed by atoms with E-state index in [2.05, 4.69) is 38.9 Å². The quantitative estimate of drug-likeness (QED) is 0.565. The molecule has 0 aromatic rings. The molecule has 1 aliphatic rings. The van der Waals surface area contributed by atoms with Crippen LogP contribution in [0.1, 0.15) is 59.8 Å². The van der Waals surface area contributed by atoms with Crippen molar-refractivity contribution in [1.82, 2.24) is 0 Å². The van der Waals surface area contributed by atoms with Crippen molar-refractivity contribution in [2.24, 2.45) is 16.8 Å². The molecule has 1 aliphatic carbocycles. The fourth-order valence-electron chi connectivity index (χ4n) is 1.51. The highest BCUT2D eigenvalue weighted by Crippen LogP contribution is 2.33. The zero-order valence-electron chi connectivity index (χ0n) is 10.7. The lowest BCUT2D eigenvalue weighted by Crippen LogP contribution is -1.99. The maximum absolute atomic E-state index is 4.67. The van der Waals surface area contributed by atoms with Crippen LogP contribution in [-0.4, -0.2) is 5.71 Å². The summed E-state index contributed by atoms with van der Waals surface area (Å²) in [5, 5.41) is 0. The zero-order valence-corrected chi connectivity index (χ0v) is 10.7. The van der Waals surface area contributed by atoms with Gasteiger partial charge in [-0.3, -0.25) is 4.99 Å². The minimum absolute atomic E-state index is 0.623. The molecule has 0 amide bonds. The summed E-state index contributed by atoms with van der Waals surface area (Å²) in [5.41, 5.74) is 2.81. The van der Waals surface area contributed by atoms with E-state index in [1.165, 1.54) is 43.4 Å². The van der Waals surface area contributed by atoms with Crippen LogP contribution in [0.15, 0.2) is 16.8 Å². The molecule has 0 radical (unpaired) electrons. The van der Waals surface area contributed by atoms with Crippen molar-refractivity contribution < 1.29 is 0 Å². The van der Waals surface area contributed by atoms with Crippen LogP contribution < -0.4 is 0 Å². The third-order valence-corrected chi connectivity index (χ3v) is 3.12. The molecule has 0 unspecified atom stereocenters. The Hall–Kier alpha value is -0.590. The van der Waals surface area contributed by atoms with Crippen molar-refractivity contribution in [1.29, 1.82) is 0 Å². The molecule has 0 aliphatic heterocycles. The van der Waals surface area contributed by atoms with Gasteiger partial charge in [0.15, 0.2) is 0 Å². The molecule has 0 spiro atoms. The predicted molar refractivity (Wildman–Crippen MR) is 68.3 cm³/mol. The van der Waals surface area contributed by atoms with E-state index in [-0.39, 0.29) is 0 Å². The molecule has 86 valence electrons. The second-order valence-electron chi connectivity index (χ2n) is 5.12. The third kappa shape index (κ3) is 5.15. The molecule has 0 aromatic heterocycles. The summed E-state index contributed by atoms with van der Waals surface area (Å²) < 4.78 is 0. The van der Waals surface area contributed by atoms with Gasteiger partial charge in [-0.1, -0.05) is 32.8 Å². The fourth-order valence-corrected chi connectivity index (χ4v) is 1.51. The minimum atomic E-state index is 0.623. The minimum Gasteiger partial charge on any atom is -0.266 e. The molecule has 0 saturated heterocycles. The fraction of sp³-hybridized carbons (Fsp3) is 0.786. The lowest BCUT2D eigenvalue weighted by molar-refractivity contribution is 0.765. The van der Waals surface area contributed by atoms with Gasteiger partial charge in [0.05, 0.1) is 0 Å². The number of hydrogen-bond acceptors (Lipinski definition) is 1. The molecule has 0 N–H and O–H groups in total. The van der Waals surface area contributed by atoms with Crippen molar-refractivity contribution in [3.8, 4) is 0 Å². The lowest BCUT2D eigenvalue weighted by atomic mass is 10.1. The van der Waals surface area contributed by atoms with Crippen molar-refractivity contribution in [2.45, 2.75) is 59.8 Å². The summed E-state index contributed by atoms with van der Waals surface area (Å²) in [4.78, 5) is 4.67. The van der Waals surface area contributed by atoms with E-state index in [4.69, 9.17) is 0 Å². The number of hydrogen-bond donors (Lipinski definition) is 0. The van der Waals surface area contributed by atoms with E-state index in [0.717, 1.165) is 5.92 Å². The molecule has 1 nitrogen and oxygen atoms in total. The second kappa shape index (κ2) is 6.09. The first-order chi connectivity index (χ1) is 7.13. The number of nitrogens with zero attached hydrogens (tertiary/aromatic N) is 1. The van der Waals surface area contributed by atoms with Crippen molar-refractivity contribution >= 4 is 5.71 Å². The molecule has 1 saturated carbocycles. The molecule has 1 heteroatoms. The van der Waals surface area contributed by atoms with E-state index in [9.17, 15) is 0 Å². The summed E-state index contributed by atoms with van der Waals surface area (Å²) in [5.74, 6) is 1.58. The molecule has 0 bridgehead atoms. The van der Waals surface area contributed by atoms with Gasteiger partial charge in [0.1, 0.15) is 0 Å². The molecular weight excluding hydrogens is 182 g/mol. The standard InChI is InChI=1S/C14H25N/c1-5-6-14(9-13-7-8-13)15-10-12(4)11(2)3/h10-11,13H,5-9H2,1-4H3/b12-10+,15-14+. The highest BCUT2D eigenvalue weighted by molar-refractivity contribution is 5.85. The van der Waals surface area contributed by atoms with Gasteiger partial charge in [0.2, 0.25) is 0 Å². The topological polar surface area (TPSA) is 12.4 Å². The van der Waals surface area contributed by atoms with Crippen LogP contribution in [0, 0.1) is 11.8 Å². The molecular formula is C14H25N. The highest BCUT2D eigenvalue weighted by Gasteiger charge is 2.22. The number of allylic oxidation sites excluding steroid dienone is 1. The van der Waals surface area contributed by atoms with E-state index in [0.29, 0.717) is 5.92 Å². The third-order valence-electron chi connectivity index (χ3n) is 3.12. The van der Waals surface area contributed by atoms with E-state index < -0.39 is 0 Å². The van der Waals surface area contributed by atoms with Gasteiger partial charge in [-0.05, 0) is 44.4 Å². The lowest BCUT2D eigenvalue weighted by Gasteiger charge is -2.05. The number of rotatable bonds is 6. The van der Waals surface area contributed by atoms with Gasteiger partial charge in [-0.25, -0.2) is 0 Å². The van der Waals surface area contributed by atoms with Crippen molar-refractivity contribution in [3.63, 3.8) is 0 Å². The van der Waals surface area contributed by atoms with Gasteiger partial charge in [0.25, 0.3) is 0 Å². The van der Waals surface area contributed by atoms with Crippen molar-refractivity contribution in [3.05, 3.63) is 11.8 Å². The van der Waals surface area contributed by atoms with Crippen LogP contribution in [0.2, 0.25) is 0 Å². The van der Waals surface area contributed by atoms with Crippen LogP contribution in [0.3, 0.4) is 0 Å². The highest BCUT2D eigenvalue weighted by atomic mass is 14.7. The summed E-state index contributed by atoms with van der Waals surface area (Å²) in [6.07, 6.45) is 8.58. The monoisotopic (exact) mass is 207 g/mol. The molecule has 1 fully saturated rings.